The quantitative estimate of drug-likeness (QED) is 0.519. The summed E-state index contributed by atoms with van der Waals surface area (Å²) in [6, 6.07) is 5.46. The standard InChI is InChI=1S/C19H19N7O/c1-10-15(9-26(3)25-10)17-5-12-4-13(7-22-18(12)23-17)19(27)24-16-6-14(20)8-21-11(16)2/h4-9H,20H2,1-3H3,(H,22,23)(H,24,27). The lowest BCUT2D eigenvalue weighted by Crippen LogP contribution is -2.13. The van der Waals surface area contributed by atoms with E-state index in [0.717, 1.165) is 22.3 Å². The lowest BCUT2D eigenvalue weighted by Gasteiger charge is -2.08. The monoisotopic (exact) mass is 361 g/mol. The Hall–Kier alpha value is -3.68. The average molecular weight is 361 g/mol. The van der Waals surface area contributed by atoms with Gasteiger partial charge < -0.3 is 16.0 Å². The summed E-state index contributed by atoms with van der Waals surface area (Å²) >= 11 is 0. The van der Waals surface area contributed by atoms with E-state index >= 15 is 0 Å². The zero-order chi connectivity index (χ0) is 19.1. The first-order chi connectivity index (χ1) is 12.9. The molecular formula is C19H19N7O. The van der Waals surface area contributed by atoms with Gasteiger partial charge in [0.15, 0.2) is 0 Å². The van der Waals surface area contributed by atoms with Gasteiger partial charge in [0.25, 0.3) is 5.91 Å². The lowest BCUT2D eigenvalue weighted by molar-refractivity contribution is 0.102. The maximum atomic E-state index is 12.6. The minimum Gasteiger partial charge on any atom is -0.397 e. The van der Waals surface area contributed by atoms with Crippen molar-refractivity contribution in [2.24, 2.45) is 7.05 Å². The van der Waals surface area contributed by atoms with Gasteiger partial charge in [0.05, 0.1) is 40.2 Å². The van der Waals surface area contributed by atoms with Crippen LogP contribution in [-0.4, -0.2) is 30.6 Å². The number of amides is 1. The number of hydrogen-bond donors (Lipinski definition) is 3. The summed E-state index contributed by atoms with van der Waals surface area (Å²) in [5, 5.41) is 8.05. The van der Waals surface area contributed by atoms with Crippen LogP contribution < -0.4 is 11.1 Å². The molecule has 0 spiro atoms. The van der Waals surface area contributed by atoms with Crippen LogP contribution in [0, 0.1) is 13.8 Å². The molecule has 8 heteroatoms. The van der Waals surface area contributed by atoms with Gasteiger partial charge in [-0.15, -0.1) is 0 Å². The van der Waals surface area contributed by atoms with Gasteiger partial charge in [-0.2, -0.15) is 5.10 Å². The third kappa shape index (κ3) is 3.12. The number of nitrogens with one attached hydrogen (secondary N) is 2. The van der Waals surface area contributed by atoms with Crippen molar-refractivity contribution in [3.05, 3.63) is 53.7 Å². The third-order valence-electron chi connectivity index (χ3n) is 4.39. The highest BCUT2D eigenvalue weighted by molar-refractivity contribution is 6.06. The van der Waals surface area contributed by atoms with E-state index in [-0.39, 0.29) is 5.91 Å². The van der Waals surface area contributed by atoms with Crippen LogP contribution in [0.4, 0.5) is 11.4 Å². The van der Waals surface area contributed by atoms with Crippen molar-refractivity contribution in [2.45, 2.75) is 13.8 Å². The van der Waals surface area contributed by atoms with Crippen LogP contribution >= 0.6 is 0 Å². The molecule has 0 aromatic carbocycles. The molecule has 4 aromatic rings. The summed E-state index contributed by atoms with van der Waals surface area (Å²) in [5.41, 5.74) is 11.5. The first-order valence-corrected chi connectivity index (χ1v) is 8.43. The molecule has 0 unspecified atom stereocenters. The number of aromatic amines is 1. The third-order valence-corrected chi connectivity index (χ3v) is 4.39. The van der Waals surface area contributed by atoms with E-state index in [9.17, 15) is 4.79 Å². The SMILES string of the molecule is Cc1ncc(N)cc1NC(=O)c1cnc2[nH]c(-c3cn(C)nc3C)cc2c1. The van der Waals surface area contributed by atoms with E-state index in [2.05, 4.69) is 25.4 Å². The highest BCUT2D eigenvalue weighted by atomic mass is 16.1. The zero-order valence-corrected chi connectivity index (χ0v) is 15.2. The Morgan fingerprint density at radius 2 is 1.96 bits per heavy atom. The first kappa shape index (κ1) is 16.8. The fourth-order valence-corrected chi connectivity index (χ4v) is 3.02. The molecule has 0 saturated heterocycles. The Kier molecular flexibility index (Phi) is 3.88. The van der Waals surface area contributed by atoms with E-state index in [0.29, 0.717) is 28.3 Å². The minimum atomic E-state index is -0.264. The van der Waals surface area contributed by atoms with Gasteiger partial charge in [0.1, 0.15) is 5.65 Å². The van der Waals surface area contributed by atoms with E-state index in [4.69, 9.17) is 5.73 Å². The Balaban J connectivity index is 1.66. The van der Waals surface area contributed by atoms with Crippen LogP contribution in [0.1, 0.15) is 21.7 Å². The van der Waals surface area contributed by atoms with E-state index in [1.807, 2.05) is 33.2 Å². The molecule has 0 aliphatic carbocycles. The number of rotatable bonds is 3. The second-order valence-electron chi connectivity index (χ2n) is 6.50. The Morgan fingerprint density at radius 1 is 1.15 bits per heavy atom. The maximum absolute atomic E-state index is 12.6. The topological polar surface area (TPSA) is 115 Å². The van der Waals surface area contributed by atoms with Crippen molar-refractivity contribution >= 4 is 28.3 Å². The summed E-state index contributed by atoms with van der Waals surface area (Å²) in [7, 11) is 1.88. The summed E-state index contributed by atoms with van der Waals surface area (Å²) in [5.74, 6) is -0.264. The minimum absolute atomic E-state index is 0.264. The van der Waals surface area contributed by atoms with Crippen LogP contribution in [-0.2, 0) is 7.05 Å². The van der Waals surface area contributed by atoms with Crippen molar-refractivity contribution in [3.8, 4) is 11.3 Å². The van der Waals surface area contributed by atoms with Gasteiger partial charge in [0, 0.05) is 30.4 Å². The van der Waals surface area contributed by atoms with Gasteiger partial charge in [-0.1, -0.05) is 0 Å². The van der Waals surface area contributed by atoms with Crippen LogP contribution in [0.2, 0.25) is 0 Å². The molecule has 1 amide bonds. The number of fused-ring (bicyclic) bond motifs is 1. The molecular weight excluding hydrogens is 342 g/mol. The number of nitrogen functional groups attached to an aromatic ring is 1. The highest BCUT2D eigenvalue weighted by Gasteiger charge is 2.13. The molecule has 0 saturated carbocycles. The van der Waals surface area contributed by atoms with Crippen molar-refractivity contribution in [1.82, 2.24) is 24.7 Å². The predicted molar refractivity (Wildman–Crippen MR) is 104 cm³/mol. The Bertz CT molecular complexity index is 1170. The number of anilines is 2. The smallest absolute Gasteiger partial charge is 0.257 e. The molecule has 4 heterocycles. The van der Waals surface area contributed by atoms with Crippen molar-refractivity contribution in [2.75, 3.05) is 11.1 Å². The fourth-order valence-electron chi connectivity index (χ4n) is 3.02. The van der Waals surface area contributed by atoms with E-state index < -0.39 is 0 Å². The summed E-state index contributed by atoms with van der Waals surface area (Å²) in [6.45, 7) is 3.76. The largest absolute Gasteiger partial charge is 0.397 e. The molecule has 0 bridgehead atoms. The number of hydrogen-bond acceptors (Lipinski definition) is 5. The molecule has 4 N–H and O–H groups in total. The zero-order valence-electron chi connectivity index (χ0n) is 15.2. The number of nitrogens with two attached hydrogens (primary N) is 1. The first-order valence-electron chi connectivity index (χ1n) is 8.43. The van der Waals surface area contributed by atoms with Crippen molar-refractivity contribution < 1.29 is 4.79 Å². The van der Waals surface area contributed by atoms with Gasteiger partial charge >= 0.3 is 0 Å². The number of carbonyl (C=O) groups is 1. The fraction of sp³-hybridized carbons (Fsp3) is 0.158. The average Bonchev–Trinajstić information content (AvgIpc) is 3.19. The number of H-pyrrole nitrogens is 1. The maximum Gasteiger partial charge on any atom is 0.257 e. The Labute approximate surface area is 155 Å². The number of aryl methyl sites for hydroxylation is 3. The highest BCUT2D eigenvalue weighted by Crippen LogP contribution is 2.26. The Morgan fingerprint density at radius 3 is 2.70 bits per heavy atom. The van der Waals surface area contributed by atoms with Gasteiger partial charge in [-0.3, -0.25) is 14.5 Å². The number of carbonyl (C=O) groups excluding carboxylic acids is 1. The molecule has 0 radical (unpaired) electrons. The van der Waals surface area contributed by atoms with E-state index in [1.165, 1.54) is 0 Å². The molecule has 136 valence electrons. The second-order valence-corrected chi connectivity index (χ2v) is 6.50. The number of pyridine rings is 2. The van der Waals surface area contributed by atoms with Crippen LogP contribution in [0.5, 0.6) is 0 Å². The number of nitrogens with zero attached hydrogens (tertiary/aromatic N) is 4. The molecule has 4 aromatic heterocycles. The van der Waals surface area contributed by atoms with Crippen LogP contribution in [0.3, 0.4) is 0 Å². The second kappa shape index (κ2) is 6.24. The molecule has 8 nitrogen and oxygen atoms in total. The normalized spacial score (nSPS) is 11.1. The number of aromatic nitrogens is 5. The van der Waals surface area contributed by atoms with Crippen molar-refractivity contribution in [1.29, 1.82) is 0 Å². The van der Waals surface area contributed by atoms with Crippen molar-refractivity contribution in [3.63, 3.8) is 0 Å². The summed E-state index contributed by atoms with van der Waals surface area (Å²) < 4.78 is 1.77. The molecule has 4 rings (SSSR count). The summed E-state index contributed by atoms with van der Waals surface area (Å²) in [4.78, 5) is 24.4. The van der Waals surface area contributed by atoms with E-state index in [1.54, 1.807) is 29.2 Å². The van der Waals surface area contributed by atoms with Gasteiger partial charge in [-0.05, 0) is 32.0 Å². The van der Waals surface area contributed by atoms with Gasteiger partial charge in [0.2, 0.25) is 0 Å². The van der Waals surface area contributed by atoms with Gasteiger partial charge in [-0.25, -0.2) is 4.98 Å². The summed E-state index contributed by atoms with van der Waals surface area (Å²) in [6.07, 6.45) is 5.05. The van der Waals surface area contributed by atoms with Crippen LogP contribution in [0.25, 0.3) is 22.3 Å². The molecule has 0 aliphatic heterocycles. The molecule has 27 heavy (non-hydrogen) atoms. The lowest BCUT2D eigenvalue weighted by atomic mass is 10.1. The van der Waals surface area contributed by atoms with Crippen LogP contribution in [0.15, 0.2) is 36.8 Å². The molecule has 0 fully saturated rings. The molecule has 0 atom stereocenters. The predicted octanol–water partition coefficient (Wildman–Crippen LogP) is 2.81. The molecule has 0 aliphatic rings.